The summed E-state index contributed by atoms with van der Waals surface area (Å²) in [5.74, 6) is -2.06. The molecule has 20 heavy (non-hydrogen) atoms. The van der Waals surface area contributed by atoms with Gasteiger partial charge < -0.3 is 16.2 Å². The number of carbonyl (C=O) groups is 1. The second-order valence-electron chi connectivity index (χ2n) is 4.35. The van der Waals surface area contributed by atoms with Crippen LogP contribution in [0, 0.1) is 5.82 Å². The molecule has 2 aromatic carbocycles. The Hall–Kier alpha value is -2.40. The van der Waals surface area contributed by atoms with Crippen LogP contribution in [0.1, 0.15) is 11.5 Å². The SMILES string of the molecule is NCC(C(=O)Nc1ccc(O)c(F)c1)c1ccccc1. The van der Waals surface area contributed by atoms with Crippen LogP contribution in [0.4, 0.5) is 10.1 Å². The van der Waals surface area contributed by atoms with E-state index in [9.17, 15) is 9.18 Å². The Morgan fingerprint density at radius 2 is 1.95 bits per heavy atom. The van der Waals surface area contributed by atoms with Crippen molar-refractivity contribution in [3.05, 3.63) is 59.9 Å². The van der Waals surface area contributed by atoms with Gasteiger partial charge in [0.25, 0.3) is 0 Å². The number of amides is 1. The number of anilines is 1. The van der Waals surface area contributed by atoms with Gasteiger partial charge in [-0.25, -0.2) is 4.39 Å². The van der Waals surface area contributed by atoms with Gasteiger partial charge in [-0.15, -0.1) is 0 Å². The lowest BCUT2D eigenvalue weighted by atomic mass is 9.98. The summed E-state index contributed by atoms with van der Waals surface area (Å²) in [6.45, 7) is 0.149. The summed E-state index contributed by atoms with van der Waals surface area (Å²) < 4.78 is 13.2. The number of nitrogens with one attached hydrogen (secondary N) is 1. The molecule has 0 bridgehead atoms. The molecule has 1 amide bonds. The van der Waals surface area contributed by atoms with Gasteiger partial charge in [0, 0.05) is 18.3 Å². The molecule has 4 N–H and O–H groups in total. The van der Waals surface area contributed by atoms with Crippen LogP contribution >= 0.6 is 0 Å². The van der Waals surface area contributed by atoms with Crippen molar-refractivity contribution in [3.8, 4) is 5.75 Å². The highest BCUT2D eigenvalue weighted by Gasteiger charge is 2.19. The van der Waals surface area contributed by atoms with E-state index in [4.69, 9.17) is 10.8 Å². The quantitative estimate of drug-likeness (QED) is 0.748. The van der Waals surface area contributed by atoms with Crippen LogP contribution in [-0.4, -0.2) is 17.6 Å². The topological polar surface area (TPSA) is 75.4 Å². The zero-order valence-corrected chi connectivity index (χ0v) is 10.7. The first-order chi connectivity index (χ1) is 9.61. The number of carbonyl (C=O) groups excluding carboxylic acids is 1. The highest BCUT2D eigenvalue weighted by atomic mass is 19.1. The Morgan fingerprint density at radius 1 is 1.25 bits per heavy atom. The number of nitrogens with two attached hydrogens (primary N) is 1. The standard InChI is InChI=1S/C15H15FN2O2/c16-13-8-11(6-7-14(13)19)18-15(20)12(9-17)10-4-2-1-3-5-10/h1-8,12,19H,9,17H2,(H,18,20). The lowest BCUT2D eigenvalue weighted by molar-refractivity contribution is -0.117. The van der Waals surface area contributed by atoms with Crippen LogP contribution in [0.25, 0.3) is 0 Å². The third-order valence-electron chi connectivity index (χ3n) is 2.97. The van der Waals surface area contributed by atoms with Crippen LogP contribution in [0.15, 0.2) is 48.5 Å². The van der Waals surface area contributed by atoms with Gasteiger partial charge in [-0.05, 0) is 17.7 Å². The molecular weight excluding hydrogens is 259 g/mol. The molecule has 2 aromatic rings. The van der Waals surface area contributed by atoms with Crippen molar-refractivity contribution in [1.82, 2.24) is 0 Å². The first kappa shape index (κ1) is 14.0. The number of aromatic hydroxyl groups is 1. The third kappa shape index (κ3) is 3.13. The maximum Gasteiger partial charge on any atom is 0.233 e. The molecule has 0 saturated heterocycles. The summed E-state index contributed by atoms with van der Waals surface area (Å²) in [6, 6.07) is 12.8. The van der Waals surface area contributed by atoms with Crippen LogP contribution in [0.3, 0.4) is 0 Å². The minimum Gasteiger partial charge on any atom is -0.505 e. The second kappa shape index (κ2) is 6.16. The lowest BCUT2D eigenvalue weighted by Gasteiger charge is -2.15. The second-order valence-corrected chi connectivity index (χ2v) is 4.35. The van der Waals surface area contributed by atoms with Crippen LogP contribution in [-0.2, 0) is 4.79 Å². The van der Waals surface area contributed by atoms with Crippen LogP contribution in [0.5, 0.6) is 5.75 Å². The summed E-state index contributed by atoms with van der Waals surface area (Å²) in [6.07, 6.45) is 0. The maximum absolute atomic E-state index is 13.2. The van der Waals surface area contributed by atoms with Crippen molar-refractivity contribution in [3.63, 3.8) is 0 Å². The molecular formula is C15H15FN2O2. The van der Waals surface area contributed by atoms with Gasteiger partial charge in [-0.3, -0.25) is 4.79 Å². The predicted octanol–water partition coefficient (Wildman–Crippen LogP) is 2.21. The molecule has 0 spiro atoms. The maximum atomic E-state index is 13.2. The summed E-state index contributed by atoms with van der Waals surface area (Å²) in [5.41, 5.74) is 6.71. The van der Waals surface area contributed by atoms with E-state index < -0.39 is 17.5 Å². The highest BCUT2D eigenvalue weighted by Crippen LogP contribution is 2.21. The Labute approximate surface area is 116 Å². The monoisotopic (exact) mass is 274 g/mol. The summed E-state index contributed by atoms with van der Waals surface area (Å²) >= 11 is 0. The van der Waals surface area contributed by atoms with Crippen molar-refractivity contribution in [2.24, 2.45) is 5.73 Å². The normalized spacial score (nSPS) is 11.9. The summed E-state index contributed by atoms with van der Waals surface area (Å²) in [7, 11) is 0. The molecule has 0 fully saturated rings. The first-order valence-electron chi connectivity index (χ1n) is 6.16. The largest absolute Gasteiger partial charge is 0.505 e. The van der Waals surface area contributed by atoms with Crippen molar-refractivity contribution in [2.75, 3.05) is 11.9 Å². The average molecular weight is 274 g/mol. The third-order valence-corrected chi connectivity index (χ3v) is 2.97. The van der Waals surface area contributed by atoms with Gasteiger partial charge >= 0.3 is 0 Å². The molecule has 0 aliphatic rings. The van der Waals surface area contributed by atoms with E-state index in [1.807, 2.05) is 30.3 Å². The Morgan fingerprint density at radius 3 is 2.55 bits per heavy atom. The molecule has 1 unspecified atom stereocenters. The fraction of sp³-hybridized carbons (Fsp3) is 0.133. The molecule has 1 atom stereocenters. The first-order valence-corrected chi connectivity index (χ1v) is 6.16. The van der Waals surface area contributed by atoms with Crippen molar-refractivity contribution < 1.29 is 14.3 Å². The number of benzene rings is 2. The predicted molar refractivity (Wildman–Crippen MR) is 74.9 cm³/mol. The van der Waals surface area contributed by atoms with E-state index in [1.165, 1.54) is 12.1 Å². The van der Waals surface area contributed by atoms with Gasteiger partial charge in [0.15, 0.2) is 11.6 Å². The van der Waals surface area contributed by atoms with Crippen molar-refractivity contribution in [1.29, 1.82) is 0 Å². The lowest BCUT2D eigenvalue weighted by Crippen LogP contribution is -2.27. The average Bonchev–Trinajstić information content (AvgIpc) is 2.45. The van der Waals surface area contributed by atoms with E-state index >= 15 is 0 Å². The molecule has 0 heterocycles. The van der Waals surface area contributed by atoms with E-state index in [2.05, 4.69) is 5.32 Å². The van der Waals surface area contributed by atoms with Gasteiger partial charge in [0.2, 0.25) is 5.91 Å². The number of phenols is 1. The molecule has 2 rings (SSSR count). The summed E-state index contributed by atoms with van der Waals surface area (Å²) in [4.78, 5) is 12.2. The Balaban J connectivity index is 2.15. The van der Waals surface area contributed by atoms with E-state index in [-0.39, 0.29) is 18.1 Å². The van der Waals surface area contributed by atoms with Crippen LogP contribution < -0.4 is 11.1 Å². The number of hydrogen-bond donors (Lipinski definition) is 3. The minimum atomic E-state index is -0.785. The molecule has 0 aliphatic carbocycles. The van der Waals surface area contributed by atoms with Crippen molar-refractivity contribution >= 4 is 11.6 Å². The molecule has 0 saturated carbocycles. The van der Waals surface area contributed by atoms with E-state index in [0.29, 0.717) is 0 Å². The summed E-state index contributed by atoms with van der Waals surface area (Å²) in [5, 5.41) is 11.7. The molecule has 5 heteroatoms. The molecule has 0 aliphatic heterocycles. The zero-order valence-electron chi connectivity index (χ0n) is 10.7. The zero-order chi connectivity index (χ0) is 14.5. The fourth-order valence-corrected chi connectivity index (χ4v) is 1.89. The number of rotatable bonds is 4. The molecule has 104 valence electrons. The Kier molecular flexibility index (Phi) is 4.32. The minimum absolute atomic E-state index is 0.149. The highest BCUT2D eigenvalue weighted by molar-refractivity contribution is 5.96. The fourth-order valence-electron chi connectivity index (χ4n) is 1.89. The van der Waals surface area contributed by atoms with Crippen molar-refractivity contribution in [2.45, 2.75) is 5.92 Å². The van der Waals surface area contributed by atoms with E-state index in [0.717, 1.165) is 11.6 Å². The number of halogens is 1. The van der Waals surface area contributed by atoms with Gasteiger partial charge in [0.1, 0.15) is 0 Å². The van der Waals surface area contributed by atoms with Crippen LogP contribution in [0.2, 0.25) is 0 Å². The smallest absolute Gasteiger partial charge is 0.233 e. The number of hydrogen-bond acceptors (Lipinski definition) is 3. The van der Waals surface area contributed by atoms with Gasteiger partial charge in [-0.1, -0.05) is 30.3 Å². The number of phenolic OH excluding ortho intramolecular Hbond substituents is 1. The molecule has 4 nitrogen and oxygen atoms in total. The van der Waals surface area contributed by atoms with Gasteiger partial charge in [-0.2, -0.15) is 0 Å². The molecule has 0 radical (unpaired) electrons. The Bertz CT molecular complexity index is 602. The van der Waals surface area contributed by atoms with Gasteiger partial charge in [0.05, 0.1) is 5.92 Å². The van der Waals surface area contributed by atoms with E-state index in [1.54, 1.807) is 0 Å². The molecule has 0 aromatic heterocycles.